The molecule has 0 N–H and O–H groups in total. The number of hydrogen-bond donors (Lipinski definition) is 0. The largest absolute Gasteiger partial charge is 0.467 e. The number of nitrogens with zero attached hydrogens (tertiary/aromatic N) is 1. The third kappa shape index (κ3) is 2.67. The van der Waals surface area contributed by atoms with Crippen LogP contribution in [0.2, 0.25) is 0 Å². The van der Waals surface area contributed by atoms with Gasteiger partial charge in [-0.1, -0.05) is 15.9 Å². The molecular formula is C12H16BrNO2. The minimum absolute atomic E-state index is 0.131. The van der Waals surface area contributed by atoms with Crippen molar-refractivity contribution in [3.63, 3.8) is 0 Å². The van der Waals surface area contributed by atoms with Gasteiger partial charge in [-0.15, -0.1) is 0 Å². The Bertz CT molecular complexity index is 363. The van der Waals surface area contributed by atoms with Gasteiger partial charge in [-0.3, -0.25) is 4.79 Å². The van der Waals surface area contributed by atoms with Gasteiger partial charge in [-0.2, -0.15) is 0 Å². The molecule has 0 atom stereocenters. The van der Waals surface area contributed by atoms with E-state index in [4.69, 9.17) is 4.42 Å². The summed E-state index contributed by atoms with van der Waals surface area (Å²) >= 11 is 3.42. The molecule has 88 valence electrons. The Kier molecular flexibility index (Phi) is 3.10. The van der Waals surface area contributed by atoms with E-state index in [1.165, 1.54) is 0 Å². The van der Waals surface area contributed by atoms with Gasteiger partial charge >= 0.3 is 0 Å². The zero-order valence-electron chi connectivity index (χ0n) is 9.57. The van der Waals surface area contributed by atoms with Crippen molar-refractivity contribution in [3.8, 4) is 0 Å². The van der Waals surface area contributed by atoms with Gasteiger partial charge < -0.3 is 9.32 Å². The molecule has 1 aliphatic carbocycles. The number of furan rings is 1. The molecule has 0 spiro atoms. The van der Waals surface area contributed by atoms with Crippen LogP contribution in [0.5, 0.6) is 0 Å². The van der Waals surface area contributed by atoms with Crippen molar-refractivity contribution in [1.29, 1.82) is 0 Å². The molecule has 0 saturated heterocycles. The van der Waals surface area contributed by atoms with E-state index in [-0.39, 0.29) is 5.91 Å². The van der Waals surface area contributed by atoms with Crippen molar-refractivity contribution in [2.24, 2.45) is 0 Å². The minimum Gasteiger partial charge on any atom is -0.467 e. The standard InChI is InChI=1S/C12H16BrNO2/c1-12(2,13)11(15)14(9-5-6-9)8-10-4-3-7-16-10/h3-4,7,9H,5-6,8H2,1-2H3. The summed E-state index contributed by atoms with van der Waals surface area (Å²) in [6, 6.07) is 4.16. The van der Waals surface area contributed by atoms with E-state index in [2.05, 4.69) is 15.9 Å². The number of carbonyl (C=O) groups is 1. The quantitative estimate of drug-likeness (QED) is 0.797. The normalized spacial score (nSPS) is 16.2. The first-order valence-corrected chi connectivity index (χ1v) is 6.30. The first-order chi connectivity index (χ1) is 7.48. The van der Waals surface area contributed by atoms with Crippen molar-refractivity contribution < 1.29 is 9.21 Å². The van der Waals surface area contributed by atoms with Gasteiger partial charge in [-0.25, -0.2) is 0 Å². The zero-order valence-corrected chi connectivity index (χ0v) is 11.2. The summed E-state index contributed by atoms with van der Waals surface area (Å²) < 4.78 is 4.80. The third-order valence-corrected chi connectivity index (χ3v) is 3.00. The summed E-state index contributed by atoms with van der Waals surface area (Å²) in [5, 5.41) is 0. The van der Waals surface area contributed by atoms with E-state index in [0.717, 1.165) is 18.6 Å². The topological polar surface area (TPSA) is 33.5 Å². The second kappa shape index (κ2) is 4.24. The van der Waals surface area contributed by atoms with Crippen LogP contribution in [0, 0.1) is 0 Å². The fraction of sp³-hybridized carbons (Fsp3) is 0.583. The Morgan fingerprint density at radius 3 is 2.75 bits per heavy atom. The van der Waals surface area contributed by atoms with E-state index in [0.29, 0.717) is 12.6 Å². The van der Waals surface area contributed by atoms with Crippen molar-refractivity contribution in [2.75, 3.05) is 0 Å². The van der Waals surface area contributed by atoms with Crippen molar-refractivity contribution in [2.45, 2.75) is 43.6 Å². The van der Waals surface area contributed by atoms with E-state index >= 15 is 0 Å². The number of halogens is 1. The molecule has 4 heteroatoms. The third-order valence-electron chi connectivity index (χ3n) is 2.66. The average molecular weight is 286 g/mol. The predicted molar refractivity (Wildman–Crippen MR) is 65.3 cm³/mol. The molecule has 1 heterocycles. The Hall–Kier alpha value is -0.770. The number of alkyl halides is 1. The second-order valence-corrected chi connectivity index (χ2v) is 6.70. The Balaban J connectivity index is 2.09. The van der Waals surface area contributed by atoms with Crippen molar-refractivity contribution in [3.05, 3.63) is 24.2 Å². The van der Waals surface area contributed by atoms with E-state index in [1.807, 2.05) is 30.9 Å². The number of rotatable bonds is 4. The van der Waals surface area contributed by atoms with Crippen LogP contribution in [0.25, 0.3) is 0 Å². The van der Waals surface area contributed by atoms with Crippen LogP contribution in [0.1, 0.15) is 32.4 Å². The molecule has 1 fully saturated rings. The first kappa shape index (κ1) is 11.7. The van der Waals surface area contributed by atoms with Gasteiger partial charge in [-0.05, 0) is 38.8 Å². The van der Waals surface area contributed by atoms with Crippen LogP contribution in [0.4, 0.5) is 0 Å². The highest BCUT2D eigenvalue weighted by molar-refractivity contribution is 9.10. The van der Waals surface area contributed by atoms with Gasteiger partial charge in [0.2, 0.25) is 5.91 Å². The summed E-state index contributed by atoms with van der Waals surface area (Å²) in [5.74, 6) is 0.975. The maximum absolute atomic E-state index is 12.2. The Labute approximate surface area is 104 Å². The van der Waals surface area contributed by atoms with Crippen molar-refractivity contribution >= 4 is 21.8 Å². The fourth-order valence-electron chi connectivity index (χ4n) is 1.66. The van der Waals surface area contributed by atoms with E-state index < -0.39 is 4.32 Å². The summed E-state index contributed by atoms with van der Waals surface area (Å²) in [7, 11) is 0. The molecule has 1 aliphatic rings. The summed E-state index contributed by atoms with van der Waals surface area (Å²) in [4.78, 5) is 14.1. The molecule has 0 bridgehead atoms. The van der Waals surface area contributed by atoms with Crippen LogP contribution in [-0.4, -0.2) is 21.2 Å². The molecule has 1 amide bonds. The van der Waals surface area contributed by atoms with Gasteiger partial charge in [0.1, 0.15) is 5.76 Å². The van der Waals surface area contributed by atoms with E-state index in [9.17, 15) is 4.79 Å². The van der Waals surface area contributed by atoms with Crippen LogP contribution < -0.4 is 0 Å². The molecule has 3 nitrogen and oxygen atoms in total. The first-order valence-electron chi connectivity index (χ1n) is 5.51. The van der Waals surface area contributed by atoms with Crippen LogP contribution in [-0.2, 0) is 11.3 Å². The fourth-order valence-corrected chi connectivity index (χ4v) is 1.89. The van der Waals surface area contributed by atoms with Crippen LogP contribution in [0.15, 0.2) is 22.8 Å². The molecular weight excluding hydrogens is 270 g/mol. The summed E-state index contributed by atoms with van der Waals surface area (Å²) in [6.07, 6.45) is 3.86. The Morgan fingerprint density at radius 1 is 1.62 bits per heavy atom. The molecule has 1 saturated carbocycles. The second-order valence-electron chi connectivity index (χ2n) is 4.72. The highest BCUT2D eigenvalue weighted by Crippen LogP contribution is 2.32. The number of hydrogen-bond acceptors (Lipinski definition) is 2. The molecule has 2 rings (SSSR count). The smallest absolute Gasteiger partial charge is 0.239 e. The van der Waals surface area contributed by atoms with Crippen molar-refractivity contribution in [1.82, 2.24) is 4.90 Å². The number of amides is 1. The average Bonchev–Trinajstić information content (AvgIpc) is 2.90. The Morgan fingerprint density at radius 2 is 2.31 bits per heavy atom. The van der Waals surface area contributed by atoms with E-state index in [1.54, 1.807) is 6.26 Å². The summed E-state index contributed by atoms with van der Waals surface area (Å²) in [6.45, 7) is 4.34. The molecule has 0 unspecified atom stereocenters. The monoisotopic (exact) mass is 285 g/mol. The lowest BCUT2D eigenvalue weighted by atomic mass is 10.2. The molecule has 16 heavy (non-hydrogen) atoms. The maximum Gasteiger partial charge on any atom is 0.239 e. The molecule has 1 aromatic heterocycles. The highest BCUT2D eigenvalue weighted by atomic mass is 79.9. The molecule has 0 radical (unpaired) electrons. The SMILES string of the molecule is CC(C)(Br)C(=O)N(Cc1ccco1)C1CC1. The lowest BCUT2D eigenvalue weighted by molar-refractivity contribution is -0.134. The zero-order chi connectivity index (χ0) is 11.8. The lowest BCUT2D eigenvalue weighted by Gasteiger charge is -2.27. The summed E-state index contributed by atoms with van der Waals surface area (Å²) in [5.41, 5.74) is 0. The van der Waals surface area contributed by atoms with Gasteiger partial charge in [0.15, 0.2) is 0 Å². The lowest BCUT2D eigenvalue weighted by Crippen LogP contribution is -2.42. The van der Waals surface area contributed by atoms with Gasteiger partial charge in [0, 0.05) is 6.04 Å². The van der Waals surface area contributed by atoms with Gasteiger partial charge in [0.05, 0.1) is 17.1 Å². The molecule has 1 aromatic rings. The molecule has 0 aromatic carbocycles. The predicted octanol–water partition coefficient (Wildman–Crippen LogP) is 2.94. The molecule has 0 aliphatic heterocycles. The van der Waals surface area contributed by atoms with Gasteiger partial charge in [0.25, 0.3) is 0 Å². The van der Waals surface area contributed by atoms with Crippen LogP contribution in [0.3, 0.4) is 0 Å². The minimum atomic E-state index is -0.498. The number of carbonyl (C=O) groups excluding carboxylic acids is 1. The maximum atomic E-state index is 12.2. The van der Waals surface area contributed by atoms with Crippen LogP contribution >= 0.6 is 15.9 Å². The highest BCUT2D eigenvalue weighted by Gasteiger charge is 2.38.